The molecule has 1 aliphatic rings. The first-order chi connectivity index (χ1) is 10.4. The topological polar surface area (TPSA) is 42.4 Å². The number of ether oxygens (including phenoxy) is 1. The molecule has 1 aromatic heterocycles. The lowest BCUT2D eigenvalue weighted by Crippen LogP contribution is -2.51. The molecule has 1 fully saturated rings. The molecule has 7 heteroatoms. The molecule has 2 aromatic rings. The first-order valence-corrected chi connectivity index (χ1v) is 6.78. The van der Waals surface area contributed by atoms with E-state index in [9.17, 15) is 18.0 Å². The number of hydrogen-bond acceptors (Lipinski definition) is 3. The Balaban J connectivity index is 1.82. The van der Waals surface area contributed by atoms with Crippen LogP contribution in [0.1, 0.15) is 10.5 Å². The van der Waals surface area contributed by atoms with Gasteiger partial charge in [-0.05, 0) is 12.1 Å². The zero-order valence-electron chi connectivity index (χ0n) is 11.5. The summed E-state index contributed by atoms with van der Waals surface area (Å²) in [4.78, 5) is 17.7. The number of rotatable bonds is 1. The van der Waals surface area contributed by atoms with E-state index in [2.05, 4.69) is 9.72 Å². The van der Waals surface area contributed by atoms with Crippen molar-refractivity contribution < 1.29 is 22.7 Å². The smallest absolute Gasteiger partial charge is 0.365 e. The zero-order chi connectivity index (χ0) is 15.7. The summed E-state index contributed by atoms with van der Waals surface area (Å²) < 4.78 is 42.8. The number of halogens is 3. The fourth-order valence-corrected chi connectivity index (χ4v) is 2.38. The third-order valence-electron chi connectivity index (χ3n) is 3.54. The van der Waals surface area contributed by atoms with Crippen LogP contribution in [0.5, 0.6) is 0 Å². The number of carbonyl (C=O) groups is 1. The van der Waals surface area contributed by atoms with Gasteiger partial charge >= 0.3 is 6.18 Å². The molecule has 2 heterocycles. The minimum absolute atomic E-state index is 0.125. The summed E-state index contributed by atoms with van der Waals surface area (Å²) in [5.41, 5.74) is 0.774. The number of fused-ring (bicyclic) bond motifs is 1. The van der Waals surface area contributed by atoms with Crippen LogP contribution in [0.3, 0.4) is 0 Å². The molecule has 0 saturated carbocycles. The Labute approximate surface area is 124 Å². The molecular weight excluding hydrogens is 297 g/mol. The van der Waals surface area contributed by atoms with E-state index in [1.165, 1.54) is 6.07 Å². The lowest BCUT2D eigenvalue weighted by atomic mass is 10.2. The van der Waals surface area contributed by atoms with Crippen molar-refractivity contribution in [1.82, 2.24) is 9.88 Å². The molecule has 116 valence electrons. The van der Waals surface area contributed by atoms with Crippen molar-refractivity contribution in [3.05, 3.63) is 42.1 Å². The predicted molar refractivity (Wildman–Crippen MR) is 73.4 cm³/mol. The number of hydrogen-bond donors (Lipinski definition) is 0. The van der Waals surface area contributed by atoms with E-state index in [-0.39, 0.29) is 18.8 Å². The third-order valence-corrected chi connectivity index (χ3v) is 3.54. The fraction of sp³-hybridized carbons (Fsp3) is 0.333. The number of aromatic nitrogens is 1. The van der Waals surface area contributed by atoms with E-state index < -0.39 is 24.7 Å². The molecule has 1 atom stereocenters. The van der Waals surface area contributed by atoms with Gasteiger partial charge in [0.2, 0.25) is 0 Å². The molecule has 1 aromatic carbocycles. The summed E-state index contributed by atoms with van der Waals surface area (Å²) in [6.07, 6.45) is -6.42. The molecule has 3 rings (SSSR count). The molecular formula is C15H13F3N2O2. The van der Waals surface area contributed by atoms with Crippen molar-refractivity contribution in [3.8, 4) is 0 Å². The lowest BCUT2D eigenvalue weighted by molar-refractivity contribution is -0.233. The average Bonchev–Trinajstić information content (AvgIpc) is 2.53. The second-order valence-corrected chi connectivity index (χ2v) is 5.04. The van der Waals surface area contributed by atoms with Gasteiger partial charge < -0.3 is 9.64 Å². The van der Waals surface area contributed by atoms with Crippen LogP contribution >= 0.6 is 0 Å². The Morgan fingerprint density at radius 1 is 1.23 bits per heavy atom. The van der Waals surface area contributed by atoms with Gasteiger partial charge in [-0.25, -0.2) is 4.98 Å². The summed E-state index contributed by atoms with van der Waals surface area (Å²) in [6, 6.07) is 10.5. The minimum Gasteiger partial charge on any atom is -0.365 e. The van der Waals surface area contributed by atoms with E-state index in [4.69, 9.17) is 0 Å². The molecule has 1 amide bonds. The monoisotopic (exact) mass is 310 g/mol. The van der Waals surface area contributed by atoms with Gasteiger partial charge in [0.15, 0.2) is 6.10 Å². The molecule has 0 bridgehead atoms. The van der Waals surface area contributed by atoms with Crippen LogP contribution in [0.15, 0.2) is 36.4 Å². The third kappa shape index (κ3) is 2.89. The van der Waals surface area contributed by atoms with Crippen LogP contribution in [0, 0.1) is 0 Å². The number of morpholine rings is 1. The van der Waals surface area contributed by atoms with Gasteiger partial charge in [-0.3, -0.25) is 4.79 Å². The number of nitrogens with zero attached hydrogens (tertiary/aromatic N) is 2. The molecule has 4 nitrogen and oxygen atoms in total. The van der Waals surface area contributed by atoms with Crippen molar-refractivity contribution in [2.24, 2.45) is 0 Å². The Morgan fingerprint density at radius 3 is 2.77 bits per heavy atom. The Hall–Kier alpha value is -2.15. The first-order valence-electron chi connectivity index (χ1n) is 6.78. The van der Waals surface area contributed by atoms with Crippen molar-refractivity contribution in [2.75, 3.05) is 19.7 Å². The zero-order valence-corrected chi connectivity index (χ0v) is 11.5. The van der Waals surface area contributed by atoms with Crippen LogP contribution in [-0.2, 0) is 4.74 Å². The summed E-state index contributed by atoms with van der Waals surface area (Å²) in [6.45, 7) is -0.514. The van der Waals surface area contributed by atoms with Gasteiger partial charge in [-0.2, -0.15) is 13.2 Å². The Bertz CT molecular complexity index is 702. The SMILES string of the molecule is O=C(c1ccc2ccccc2n1)N1CCOC(C(F)(F)F)C1. The molecule has 1 aliphatic heterocycles. The molecule has 0 radical (unpaired) electrons. The Kier molecular flexibility index (Phi) is 3.74. The molecule has 0 N–H and O–H groups in total. The van der Waals surface area contributed by atoms with E-state index >= 15 is 0 Å². The average molecular weight is 310 g/mol. The molecule has 22 heavy (non-hydrogen) atoms. The van der Waals surface area contributed by atoms with Crippen molar-refractivity contribution >= 4 is 16.8 Å². The number of para-hydroxylation sites is 1. The Morgan fingerprint density at radius 2 is 2.00 bits per heavy atom. The van der Waals surface area contributed by atoms with E-state index in [0.29, 0.717) is 5.52 Å². The lowest BCUT2D eigenvalue weighted by Gasteiger charge is -2.33. The number of carbonyl (C=O) groups excluding carboxylic acids is 1. The molecule has 0 aliphatic carbocycles. The van der Waals surface area contributed by atoms with Crippen molar-refractivity contribution in [3.63, 3.8) is 0 Å². The van der Waals surface area contributed by atoms with E-state index in [1.54, 1.807) is 18.2 Å². The minimum atomic E-state index is -4.48. The summed E-state index contributed by atoms with van der Waals surface area (Å²) in [5, 5.41) is 0.870. The maximum absolute atomic E-state index is 12.7. The number of pyridine rings is 1. The van der Waals surface area contributed by atoms with Gasteiger partial charge in [0.05, 0.1) is 18.7 Å². The molecule has 0 spiro atoms. The predicted octanol–water partition coefficient (Wildman–Crippen LogP) is 2.64. The second kappa shape index (κ2) is 5.57. The van der Waals surface area contributed by atoms with Crippen molar-refractivity contribution in [1.29, 1.82) is 0 Å². The molecule has 1 saturated heterocycles. The molecule has 1 unspecified atom stereocenters. The standard InChI is InChI=1S/C15H13F3N2O2/c16-15(17,18)13-9-20(7-8-22-13)14(21)12-6-5-10-3-1-2-4-11(10)19-12/h1-6,13H,7-9H2. The maximum Gasteiger partial charge on any atom is 0.416 e. The van der Waals surface area contributed by atoms with Gasteiger partial charge in [0, 0.05) is 11.9 Å². The summed E-state index contributed by atoms with van der Waals surface area (Å²) >= 11 is 0. The van der Waals surface area contributed by atoms with Crippen LogP contribution in [-0.4, -0.2) is 47.8 Å². The fourth-order valence-electron chi connectivity index (χ4n) is 2.38. The number of amides is 1. The highest BCUT2D eigenvalue weighted by atomic mass is 19.4. The number of benzene rings is 1. The number of alkyl halides is 3. The van der Waals surface area contributed by atoms with Crippen LogP contribution in [0.2, 0.25) is 0 Å². The van der Waals surface area contributed by atoms with Crippen molar-refractivity contribution in [2.45, 2.75) is 12.3 Å². The quantitative estimate of drug-likeness (QED) is 0.813. The summed E-state index contributed by atoms with van der Waals surface area (Å²) in [5.74, 6) is -0.511. The van der Waals surface area contributed by atoms with Crippen LogP contribution in [0.25, 0.3) is 10.9 Å². The highest BCUT2D eigenvalue weighted by molar-refractivity contribution is 5.95. The maximum atomic E-state index is 12.7. The highest BCUT2D eigenvalue weighted by Crippen LogP contribution is 2.26. The van der Waals surface area contributed by atoms with Crippen LogP contribution in [0.4, 0.5) is 13.2 Å². The largest absolute Gasteiger partial charge is 0.416 e. The van der Waals surface area contributed by atoms with E-state index in [0.717, 1.165) is 10.3 Å². The normalized spacial score (nSPS) is 19.4. The van der Waals surface area contributed by atoms with Gasteiger partial charge in [-0.15, -0.1) is 0 Å². The van der Waals surface area contributed by atoms with E-state index in [1.807, 2.05) is 12.1 Å². The van der Waals surface area contributed by atoms with Crippen LogP contribution < -0.4 is 0 Å². The summed E-state index contributed by atoms with van der Waals surface area (Å²) in [7, 11) is 0. The first kappa shape index (κ1) is 14.8. The second-order valence-electron chi connectivity index (χ2n) is 5.04. The van der Waals surface area contributed by atoms with Gasteiger partial charge in [-0.1, -0.05) is 24.3 Å². The van der Waals surface area contributed by atoms with Gasteiger partial charge in [0.1, 0.15) is 5.69 Å². The highest BCUT2D eigenvalue weighted by Gasteiger charge is 2.44. The van der Waals surface area contributed by atoms with Gasteiger partial charge in [0.25, 0.3) is 5.91 Å².